The van der Waals surface area contributed by atoms with E-state index in [4.69, 9.17) is 0 Å². The largest absolute Gasteiger partial charge is 0.294 e. The fraction of sp³-hybridized carbons (Fsp3) is 0.333. The van der Waals surface area contributed by atoms with Gasteiger partial charge in [0.05, 0.1) is 5.69 Å². The summed E-state index contributed by atoms with van der Waals surface area (Å²) in [5.74, 6) is 1.26. The van der Waals surface area contributed by atoms with Gasteiger partial charge in [0.15, 0.2) is 5.78 Å². The molecule has 0 heterocycles. The topological polar surface area (TPSA) is 29.4 Å². The van der Waals surface area contributed by atoms with E-state index in [0.29, 0.717) is 17.6 Å². The maximum absolute atomic E-state index is 12.8. The van der Waals surface area contributed by atoms with Gasteiger partial charge in [-0.1, -0.05) is 63.2 Å². The summed E-state index contributed by atoms with van der Waals surface area (Å²) in [5.41, 5.74) is 4.05. The fourth-order valence-electron chi connectivity index (χ4n) is 3.55. The van der Waals surface area contributed by atoms with Crippen LogP contribution in [0.4, 0.5) is 5.69 Å². The standard InChI is InChI=1S/C24H27NO/c1-17(2)22-14-9-18(3)23(24(22)26)15-19-10-12-21(13-11-19)25-16-20-7-5-4-6-8-20/h4-8,10-13,15-18,22H,9,14H2,1-3H3/b23-15-,25-16?. The zero-order valence-electron chi connectivity index (χ0n) is 15.9. The maximum Gasteiger partial charge on any atom is 0.162 e. The van der Waals surface area contributed by atoms with Crippen molar-refractivity contribution in [2.45, 2.75) is 33.6 Å². The highest BCUT2D eigenvalue weighted by molar-refractivity contribution is 6.02. The number of carbonyl (C=O) groups excluding carboxylic acids is 1. The Morgan fingerprint density at radius 3 is 2.31 bits per heavy atom. The molecular formula is C24H27NO. The van der Waals surface area contributed by atoms with Crippen LogP contribution in [0, 0.1) is 17.8 Å². The van der Waals surface area contributed by atoms with Crippen molar-refractivity contribution in [1.29, 1.82) is 0 Å². The smallest absolute Gasteiger partial charge is 0.162 e. The molecule has 1 saturated carbocycles. The van der Waals surface area contributed by atoms with E-state index in [1.54, 1.807) is 0 Å². The number of hydrogen-bond donors (Lipinski definition) is 0. The molecule has 2 aromatic carbocycles. The molecule has 0 saturated heterocycles. The van der Waals surface area contributed by atoms with Crippen LogP contribution < -0.4 is 0 Å². The van der Waals surface area contributed by atoms with Gasteiger partial charge in [0.1, 0.15) is 0 Å². The summed E-state index contributed by atoms with van der Waals surface area (Å²) in [7, 11) is 0. The van der Waals surface area contributed by atoms with Crippen LogP contribution in [0.15, 0.2) is 65.2 Å². The van der Waals surface area contributed by atoms with E-state index >= 15 is 0 Å². The van der Waals surface area contributed by atoms with Gasteiger partial charge in [-0.3, -0.25) is 9.79 Å². The number of nitrogens with zero attached hydrogens (tertiary/aromatic N) is 1. The third-order valence-corrected chi connectivity index (χ3v) is 5.25. The van der Waals surface area contributed by atoms with Crippen molar-refractivity contribution in [2.75, 3.05) is 0 Å². The van der Waals surface area contributed by atoms with E-state index in [-0.39, 0.29) is 5.92 Å². The number of carbonyl (C=O) groups is 1. The first-order valence-corrected chi connectivity index (χ1v) is 9.49. The molecule has 2 nitrogen and oxygen atoms in total. The van der Waals surface area contributed by atoms with E-state index in [9.17, 15) is 4.79 Å². The lowest BCUT2D eigenvalue weighted by Gasteiger charge is -2.30. The molecule has 1 aliphatic carbocycles. The summed E-state index contributed by atoms with van der Waals surface area (Å²) in [6.07, 6.45) is 6.06. The molecule has 0 aliphatic heterocycles. The van der Waals surface area contributed by atoms with Crippen LogP contribution in [0.2, 0.25) is 0 Å². The highest BCUT2D eigenvalue weighted by Crippen LogP contribution is 2.35. The molecule has 1 fully saturated rings. The van der Waals surface area contributed by atoms with Crippen molar-refractivity contribution in [1.82, 2.24) is 0 Å². The van der Waals surface area contributed by atoms with Crippen LogP contribution in [0.3, 0.4) is 0 Å². The van der Waals surface area contributed by atoms with Gasteiger partial charge in [0, 0.05) is 12.1 Å². The van der Waals surface area contributed by atoms with Crippen LogP contribution in [-0.2, 0) is 4.79 Å². The Bertz CT molecular complexity index is 800. The summed E-state index contributed by atoms with van der Waals surface area (Å²) >= 11 is 0. The van der Waals surface area contributed by atoms with Gasteiger partial charge >= 0.3 is 0 Å². The number of rotatable bonds is 4. The van der Waals surface area contributed by atoms with Gasteiger partial charge in [-0.2, -0.15) is 0 Å². The SMILES string of the molecule is CC1CCC(C(C)C)C(=O)/C1=C\c1ccc(N=Cc2ccccc2)cc1. The molecule has 0 aromatic heterocycles. The molecule has 26 heavy (non-hydrogen) atoms. The molecule has 2 unspecified atom stereocenters. The highest BCUT2D eigenvalue weighted by Gasteiger charge is 2.32. The Balaban J connectivity index is 1.76. The summed E-state index contributed by atoms with van der Waals surface area (Å²) in [4.78, 5) is 17.3. The Morgan fingerprint density at radius 1 is 0.962 bits per heavy atom. The normalized spacial score (nSPS) is 22.5. The molecule has 2 aromatic rings. The summed E-state index contributed by atoms with van der Waals surface area (Å²) < 4.78 is 0. The van der Waals surface area contributed by atoms with Gasteiger partial charge in [-0.15, -0.1) is 0 Å². The number of benzene rings is 2. The first-order chi connectivity index (χ1) is 12.5. The Morgan fingerprint density at radius 2 is 1.65 bits per heavy atom. The van der Waals surface area contributed by atoms with Gasteiger partial charge < -0.3 is 0 Å². The first kappa shape index (κ1) is 18.3. The number of Topliss-reactive ketones (excluding diaryl/α,β-unsaturated/α-hetero) is 1. The number of allylic oxidation sites excluding steroid dienone is 1. The predicted molar refractivity (Wildman–Crippen MR) is 110 cm³/mol. The summed E-state index contributed by atoms with van der Waals surface area (Å²) in [6, 6.07) is 18.2. The molecule has 1 aliphatic rings. The lowest BCUT2D eigenvalue weighted by atomic mass is 9.73. The zero-order chi connectivity index (χ0) is 18.5. The van der Waals surface area contributed by atoms with E-state index in [2.05, 4.69) is 31.8 Å². The van der Waals surface area contributed by atoms with E-state index in [1.807, 2.05) is 60.8 Å². The summed E-state index contributed by atoms with van der Waals surface area (Å²) in [6.45, 7) is 6.46. The molecule has 0 spiro atoms. The molecule has 0 N–H and O–H groups in total. The lowest BCUT2D eigenvalue weighted by molar-refractivity contribution is -0.122. The van der Waals surface area contributed by atoms with Crippen molar-refractivity contribution in [3.63, 3.8) is 0 Å². The van der Waals surface area contributed by atoms with Crippen LogP contribution in [0.1, 0.15) is 44.7 Å². The third-order valence-electron chi connectivity index (χ3n) is 5.25. The van der Waals surface area contributed by atoms with Gasteiger partial charge in [0.25, 0.3) is 0 Å². The first-order valence-electron chi connectivity index (χ1n) is 9.49. The average molecular weight is 345 g/mol. The van der Waals surface area contributed by atoms with Crippen LogP contribution in [0.25, 0.3) is 6.08 Å². The summed E-state index contributed by atoms with van der Waals surface area (Å²) in [5, 5.41) is 0. The zero-order valence-corrected chi connectivity index (χ0v) is 15.9. The Labute approximate surface area is 156 Å². The van der Waals surface area contributed by atoms with Crippen molar-refractivity contribution in [3.05, 3.63) is 71.3 Å². The van der Waals surface area contributed by atoms with E-state index in [0.717, 1.165) is 35.2 Å². The van der Waals surface area contributed by atoms with Crippen LogP contribution >= 0.6 is 0 Å². The number of hydrogen-bond acceptors (Lipinski definition) is 2. The second-order valence-corrected chi connectivity index (χ2v) is 7.55. The Hall–Kier alpha value is -2.48. The minimum atomic E-state index is 0.173. The van der Waals surface area contributed by atoms with E-state index < -0.39 is 0 Å². The molecule has 134 valence electrons. The number of ketones is 1. The Kier molecular flexibility index (Phi) is 5.82. The predicted octanol–water partition coefficient (Wildman–Crippen LogP) is 6.09. The minimum Gasteiger partial charge on any atom is -0.294 e. The lowest BCUT2D eigenvalue weighted by Crippen LogP contribution is -2.30. The van der Waals surface area contributed by atoms with Crippen molar-refractivity contribution < 1.29 is 4.79 Å². The molecule has 0 radical (unpaired) electrons. The fourth-order valence-corrected chi connectivity index (χ4v) is 3.55. The molecule has 0 bridgehead atoms. The minimum absolute atomic E-state index is 0.173. The molecule has 2 heteroatoms. The molecule has 2 atom stereocenters. The van der Waals surface area contributed by atoms with Crippen molar-refractivity contribution in [3.8, 4) is 0 Å². The molecule has 0 amide bonds. The molecule has 3 rings (SSSR count). The number of aliphatic imine (C=N–C) groups is 1. The molecular weight excluding hydrogens is 318 g/mol. The van der Waals surface area contributed by atoms with Crippen molar-refractivity contribution >= 4 is 23.8 Å². The van der Waals surface area contributed by atoms with Gasteiger partial charge in [-0.05, 0) is 59.6 Å². The highest BCUT2D eigenvalue weighted by atomic mass is 16.1. The maximum atomic E-state index is 12.8. The van der Waals surface area contributed by atoms with E-state index in [1.165, 1.54) is 0 Å². The van der Waals surface area contributed by atoms with Crippen LogP contribution in [-0.4, -0.2) is 12.0 Å². The van der Waals surface area contributed by atoms with Gasteiger partial charge in [0.2, 0.25) is 0 Å². The second kappa shape index (κ2) is 8.27. The third kappa shape index (κ3) is 4.37. The van der Waals surface area contributed by atoms with Gasteiger partial charge in [-0.25, -0.2) is 0 Å². The quantitative estimate of drug-likeness (QED) is 0.487. The monoisotopic (exact) mass is 345 g/mol. The second-order valence-electron chi connectivity index (χ2n) is 7.55. The van der Waals surface area contributed by atoms with Crippen molar-refractivity contribution in [2.24, 2.45) is 22.7 Å². The average Bonchev–Trinajstić information content (AvgIpc) is 2.65. The van der Waals surface area contributed by atoms with Crippen LogP contribution in [0.5, 0.6) is 0 Å².